The Morgan fingerprint density at radius 1 is 0.517 bits per heavy atom. The third-order valence-electron chi connectivity index (χ3n) is 9.74. The molecule has 1 unspecified atom stereocenters. The Morgan fingerprint density at radius 3 is 1.38 bits per heavy atom. The average molecular weight is 841 g/mol. The van der Waals surface area contributed by atoms with Crippen LogP contribution in [0.3, 0.4) is 0 Å². The normalized spacial score (nSPS) is 14.2. The third kappa shape index (κ3) is 42.1. The topological polar surface area (TPSA) is 149 Å². The lowest BCUT2D eigenvalue weighted by Gasteiger charge is -2.20. The second kappa shape index (κ2) is 43.0. The van der Waals surface area contributed by atoms with Crippen molar-refractivity contribution in [2.75, 3.05) is 26.4 Å². The summed E-state index contributed by atoms with van der Waals surface area (Å²) in [4.78, 5) is 35.0. The van der Waals surface area contributed by atoms with Crippen molar-refractivity contribution in [3.8, 4) is 0 Å². The quantitative estimate of drug-likeness (QED) is 0.0234. The number of rotatable bonds is 43. The van der Waals surface area contributed by atoms with E-state index in [4.69, 9.17) is 23.6 Å². The molecule has 10 nitrogen and oxygen atoms in total. The molecule has 58 heavy (non-hydrogen) atoms. The third-order valence-corrected chi connectivity index (χ3v) is 10.7. The second-order valence-electron chi connectivity index (χ2n) is 15.4. The number of phosphoric acid groups is 1. The fourth-order valence-corrected chi connectivity index (χ4v) is 6.94. The van der Waals surface area contributed by atoms with E-state index in [1.165, 1.54) is 103 Å². The summed E-state index contributed by atoms with van der Waals surface area (Å²) in [6.45, 7) is 2.33. The molecular formula is C47H85O10P. The van der Waals surface area contributed by atoms with Gasteiger partial charge in [0.2, 0.25) is 0 Å². The molecule has 0 aliphatic heterocycles. The molecule has 0 amide bonds. The average Bonchev–Trinajstić information content (AvgIpc) is 3.21. The number of phosphoric ester groups is 1. The van der Waals surface area contributed by atoms with Gasteiger partial charge in [-0.2, -0.15) is 0 Å². The smallest absolute Gasteiger partial charge is 0.462 e. The highest BCUT2D eigenvalue weighted by molar-refractivity contribution is 7.47. The van der Waals surface area contributed by atoms with Crippen molar-refractivity contribution in [2.45, 2.75) is 212 Å². The molecule has 0 aliphatic carbocycles. The molecule has 0 radical (unpaired) electrons. The first kappa shape index (κ1) is 55.9. The largest absolute Gasteiger partial charge is 0.472 e. The van der Waals surface area contributed by atoms with Crippen LogP contribution in [0.4, 0.5) is 0 Å². The maximum Gasteiger partial charge on any atom is 0.472 e. The van der Waals surface area contributed by atoms with Crippen molar-refractivity contribution in [2.24, 2.45) is 0 Å². The predicted octanol–water partition coefficient (Wildman–Crippen LogP) is 12.5. The minimum atomic E-state index is -4.63. The molecule has 0 rings (SSSR count). The summed E-state index contributed by atoms with van der Waals surface area (Å²) in [5, 5.41) is 18.4. The van der Waals surface area contributed by atoms with Crippen LogP contribution in [-0.2, 0) is 32.7 Å². The van der Waals surface area contributed by atoms with E-state index in [0.29, 0.717) is 12.8 Å². The molecule has 3 atom stereocenters. The lowest BCUT2D eigenvalue weighted by atomic mass is 10.0. The van der Waals surface area contributed by atoms with Gasteiger partial charge in [-0.05, 0) is 57.8 Å². The molecule has 0 fully saturated rings. The molecule has 0 aromatic rings. The van der Waals surface area contributed by atoms with Crippen LogP contribution in [0.2, 0.25) is 0 Å². The molecule has 0 aromatic carbocycles. The Labute approximate surface area is 353 Å². The molecule has 0 aliphatic rings. The summed E-state index contributed by atoms with van der Waals surface area (Å²) in [7, 11) is -4.63. The molecule has 0 saturated heterocycles. The van der Waals surface area contributed by atoms with Gasteiger partial charge in [0.25, 0.3) is 0 Å². The molecule has 0 heterocycles. The summed E-state index contributed by atoms with van der Waals surface area (Å²) < 4.78 is 32.7. The maximum absolute atomic E-state index is 12.6. The van der Waals surface area contributed by atoms with E-state index in [2.05, 4.69) is 62.5 Å². The monoisotopic (exact) mass is 841 g/mol. The second-order valence-corrected chi connectivity index (χ2v) is 16.9. The number of aliphatic hydroxyl groups is 2. The van der Waals surface area contributed by atoms with Crippen LogP contribution in [0.25, 0.3) is 0 Å². The standard InChI is InChI=1S/C47H85O10P/c1-3-5-7-9-11-13-15-17-19-21-22-23-25-27-29-31-33-35-37-39-47(51)57-45(43-56-58(52,53)55-41-44(49)40-48)42-54-46(50)38-36-34-32-30-28-26-24-20-18-16-14-12-10-8-6-4-2/h11,13,17,19,22-23,27,29,44-45,48-49H,3-10,12,14-16,18,20-21,24-26,28,30-43H2,1-2H3,(H,52,53)/b13-11+,19-17+,23-22+,29-27+/t44-,45+/m0/s1. The molecule has 338 valence electrons. The highest BCUT2D eigenvalue weighted by Crippen LogP contribution is 2.43. The van der Waals surface area contributed by atoms with Gasteiger partial charge in [0.15, 0.2) is 6.10 Å². The minimum Gasteiger partial charge on any atom is -0.462 e. The molecule has 0 spiro atoms. The van der Waals surface area contributed by atoms with Gasteiger partial charge in [0, 0.05) is 12.8 Å². The van der Waals surface area contributed by atoms with E-state index in [0.717, 1.165) is 57.8 Å². The molecule has 11 heteroatoms. The molecular weight excluding hydrogens is 755 g/mol. The number of carbonyl (C=O) groups is 2. The fraction of sp³-hybridized carbons (Fsp3) is 0.787. The zero-order valence-corrected chi connectivity index (χ0v) is 37.6. The zero-order chi connectivity index (χ0) is 42.6. The van der Waals surface area contributed by atoms with Gasteiger partial charge in [-0.1, -0.05) is 178 Å². The van der Waals surface area contributed by atoms with Gasteiger partial charge in [-0.15, -0.1) is 0 Å². The molecule has 0 aromatic heterocycles. The van der Waals surface area contributed by atoms with E-state index in [1.54, 1.807) is 0 Å². The predicted molar refractivity (Wildman–Crippen MR) is 237 cm³/mol. The van der Waals surface area contributed by atoms with Gasteiger partial charge < -0.3 is 24.6 Å². The summed E-state index contributed by atoms with van der Waals surface area (Å²) in [6.07, 6.45) is 46.4. The number of ether oxygens (including phenoxy) is 2. The lowest BCUT2D eigenvalue weighted by Crippen LogP contribution is -2.29. The molecule has 0 bridgehead atoms. The van der Waals surface area contributed by atoms with Crippen molar-refractivity contribution in [1.29, 1.82) is 0 Å². The summed E-state index contributed by atoms with van der Waals surface area (Å²) in [5.41, 5.74) is 0. The van der Waals surface area contributed by atoms with E-state index >= 15 is 0 Å². The number of allylic oxidation sites excluding steroid dienone is 8. The van der Waals surface area contributed by atoms with Crippen LogP contribution >= 0.6 is 7.82 Å². The lowest BCUT2D eigenvalue weighted by molar-refractivity contribution is -0.161. The molecule has 0 saturated carbocycles. The number of hydrogen-bond donors (Lipinski definition) is 3. The van der Waals surface area contributed by atoms with Gasteiger partial charge >= 0.3 is 19.8 Å². The van der Waals surface area contributed by atoms with E-state index in [1.807, 2.05) is 0 Å². The number of esters is 2. The molecule has 3 N–H and O–H groups in total. The first-order chi connectivity index (χ1) is 28.2. The highest BCUT2D eigenvalue weighted by Gasteiger charge is 2.27. The first-order valence-electron chi connectivity index (χ1n) is 23.1. The zero-order valence-electron chi connectivity index (χ0n) is 36.8. The summed E-state index contributed by atoms with van der Waals surface area (Å²) in [5.74, 6) is -0.956. The Hall–Kier alpha value is -2.07. The van der Waals surface area contributed by atoms with Crippen LogP contribution in [-0.4, -0.2) is 65.7 Å². The Balaban J connectivity index is 4.32. The van der Waals surface area contributed by atoms with Gasteiger partial charge in [-0.25, -0.2) is 4.57 Å². The number of unbranched alkanes of at least 4 members (excludes halogenated alkanes) is 21. The van der Waals surface area contributed by atoms with Crippen LogP contribution in [0.15, 0.2) is 48.6 Å². The van der Waals surface area contributed by atoms with Gasteiger partial charge in [-0.3, -0.25) is 18.6 Å². The Kier molecular flexibility index (Phi) is 41.5. The van der Waals surface area contributed by atoms with E-state index in [-0.39, 0.29) is 19.4 Å². The SMILES string of the molecule is CCCCC/C=C/C/C=C/C/C=C/C/C=C/CCCCCC(=O)O[C@H](COC(=O)CCCCCCCCCCCCCCCCCC)COP(=O)(O)OC[C@@H](O)CO. The summed E-state index contributed by atoms with van der Waals surface area (Å²) in [6, 6.07) is 0. The summed E-state index contributed by atoms with van der Waals surface area (Å²) >= 11 is 0. The maximum atomic E-state index is 12.6. The Morgan fingerprint density at radius 2 is 0.897 bits per heavy atom. The van der Waals surface area contributed by atoms with Crippen molar-refractivity contribution < 1.29 is 47.8 Å². The van der Waals surface area contributed by atoms with Gasteiger partial charge in [0.1, 0.15) is 12.7 Å². The Bertz CT molecular complexity index is 1110. The van der Waals surface area contributed by atoms with Gasteiger partial charge in [0.05, 0.1) is 19.8 Å². The van der Waals surface area contributed by atoms with E-state index < -0.39 is 51.8 Å². The van der Waals surface area contributed by atoms with Crippen molar-refractivity contribution in [1.82, 2.24) is 0 Å². The van der Waals surface area contributed by atoms with Crippen LogP contribution in [0, 0.1) is 0 Å². The highest BCUT2D eigenvalue weighted by atomic mass is 31.2. The number of aliphatic hydroxyl groups excluding tert-OH is 2. The fourth-order valence-electron chi connectivity index (χ4n) is 6.15. The number of carbonyl (C=O) groups excluding carboxylic acids is 2. The number of hydrogen-bond acceptors (Lipinski definition) is 9. The van der Waals surface area contributed by atoms with Crippen molar-refractivity contribution in [3.05, 3.63) is 48.6 Å². The van der Waals surface area contributed by atoms with Crippen LogP contribution in [0.1, 0.15) is 200 Å². The van der Waals surface area contributed by atoms with E-state index in [9.17, 15) is 24.2 Å². The first-order valence-corrected chi connectivity index (χ1v) is 24.6. The van der Waals surface area contributed by atoms with Crippen LogP contribution < -0.4 is 0 Å². The van der Waals surface area contributed by atoms with Crippen molar-refractivity contribution >= 4 is 19.8 Å². The van der Waals surface area contributed by atoms with Crippen molar-refractivity contribution in [3.63, 3.8) is 0 Å². The minimum absolute atomic E-state index is 0.147. The van der Waals surface area contributed by atoms with Crippen LogP contribution in [0.5, 0.6) is 0 Å².